The Kier molecular flexibility index (Phi) is 4.59. The first-order valence-electron chi connectivity index (χ1n) is 7.88. The molecule has 1 fully saturated rings. The quantitative estimate of drug-likeness (QED) is 0.828. The third kappa shape index (κ3) is 3.61. The number of aryl methyl sites for hydroxylation is 1. The number of nitrogens with zero attached hydrogens (tertiary/aromatic N) is 4. The molecule has 2 amide bonds. The van der Waals surface area contributed by atoms with Crippen LogP contribution in [0.3, 0.4) is 0 Å². The number of likely N-dealkylation sites (tertiary alicyclic amines) is 1. The predicted molar refractivity (Wildman–Crippen MR) is 85.5 cm³/mol. The Bertz CT molecular complexity index is 728. The number of aromatic nitrogens is 2. The Morgan fingerprint density at radius 2 is 2.25 bits per heavy atom. The summed E-state index contributed by atoms with van der Waals surface area (Å²) in [6.07, 6.45) is 1.94. The number of hydrogen-bond acceptors (Lipinski definition) is 5. The van der Waals surface area contributed by atoms with Crippen molar-refractivity contribution in [2.75, 3.05) is 13.6 Å². The summed E-state index contributed by atoms with van der Waals surface area (Å²) in [4.78, 5) is 32.3. The fourth-order valence-electron chi connectivity index (χ4n) is 2.90. The lowest BCUT2D eigenvalue weighted by molar-refractivity contribution is -0.135. The maximum Gasteiger partial charge on any atom is 0.228 e. The van der Waals surface area contributed by atoms with E-state index in [-0.39, 0.29) is 24.2 Å². The molecule has 1 atom stereocenters. The number of hydrogen-bond donors (Lipinski definition) is 0. The topological polar surface area (TPSA) is 79.5 Å². The second kappa shape index (κ2) is 6.82. The van der Waals surface area contributed by atoms with E-state index in [1.165, 1.54) is 0 Å². The standard InChI is InChI=1S/C17H20N4O3/c1-12-7-15(19-24-12)10-20(2)17(23)13-8-16(22)21(9-13)11-14-5-3-4-6-18-14/h3-7,13H,8-11H2,1-2H3/t13-/m0/s1. The zero-order chi connectivity index (χ0) is 17.1. The van der Waals surface area contributed by atoms with E-state index in [0.717, 1.165) is 5.69 Å². The highest BCUT2D eigenvalue weighted by molar-refractivity contribution is 5.89. The summed E-state index contributed by atoms with van der Waals surface area (Å²) in [5.74, 6) is 0.333. The number of carbonyl (C=O) groups excluding carboxylic acids is 2. The van der Waals surface area contributed by atoms with E-state index in [4.69, 9.17) is 4.52 Å². The predicted octanol–water partition coefficient (Wildman–Crippen LogP) is 1.39. The van der Waals surface area contributed by atoms with Crippen LogP contribution in [0, 0.1) is 12.8 Å². The van der Waals surface area contributed by atoms with Crippen LogP contribution in [0.1, 0.15) is 23.6 Å². The molecule has 0 aliphatic carbocycles. The Morgan fingerprint density at radius 1 is 1.42 bits per heavy atom. The molecule has 1 aliphatic heterocycles. The van der Waals surface area contributed by atoms with Gasteiger partial charge in [0, 0.05) is 32.3 Å². The van der Waals surface area contributed by atoms with Crippen molar-refractivity contribution >= 4 is 11.8 Å². The van der Waals surface area contributed by atoms with Crippen molar-refractivity contribution in [1.29, 1.82) is 0 Å². The van der Waals surface area contributed by atoms with Crippen LogP contribution in [-0.4, -0.2) is 45.3 Å². The molecule has 0 radical (unpaired) electrons. The van der Waals surface area contributed by atoms with Gasteiger partial charge in [0.15, 0.2) is 0 Å². The van der Waals surface area contributed by atoms with Crippen LogP contribution in [0.2, 0.25) is 0 Å². The average molecular weight is 328 g/mol. The van der Waals surface area contributed by atoms with Gasteiger partial charge < -0.3 is 14.3 Å². The highest BCUT2D eigenvalue weighted by Gasteiger charge is 2.35. The average Bonchev–Trinajstić information content (AvgIpc) is 3.14. The van der Waals surface area contributed by atoms with Gasteiger partial charge in [-0.2, -0.15) is 0 Å². The molecule has 0 spiro atoms. The Hall–Kier alpha value is -2.70. The summed E-state index contributed by atoms with van der Waals surface area (Å²) in [5, 5.41) is 3.90. The molecule has 1 aliphatic rings. The number of carbonyl (C=O) groups is 2. The van der Waals surface area contributed by atoms with E-state index in [9.17, 15) is 9.59 Å². The molecule has 7 nitrogen and oxygen atoms in total. The Balaban J connectivity index is 1.59. The lowest BCUT2D eigenvalue weighted by Crippen LogP contribution is -2.34. The minimum Gasteiger partial charge on any atom is -0.361 e. The fraction of sp³-hybridized carbons (Fsp3) is 0.412. The van der Waals surface area contributed by atoms with E-state index in [1.807, 2.05) is 25.1 Å². The van der Waals surface area contributed by atoms with E-state index in [2.05, 4.69) is 10.1 Å². The SMILES string of the molecule is Cc1cc(CN(C)C(=O)[C@H]2CC(=O)N(Cc3ccccn3)C2)no1. The number of pyridine rings is 1. The summed E-state index contributed by atoms with van der Waals surface area (Å²) in [6, 6.07) is 7.40. The zero-order valence-corrected chi connectivity index (χ0v) is 13.8. The molecule has 1 saturated heterocycles. The fourth-order valence-corrected chi connectivity index (χ4v) is 2.90. The van der Waals surface area contributed by atoms with Gasteiger partial charge in [-0.15, -0.1) is 0 Å². The molecule has 3 rings (SSSR count). The second-order valence-corrected chi connectivity index (χ2v) is 6.12. The van der Waals surface area contributed by atoms with Crippen molar-refractivity contribution in [2.24, 2.45) is 5.92 Å². The van der Waals surface area contributed by atoms with Crippen molar-refractivity contribution in [1.82, 2.24) is 19.9 Å². The molecule has 0 N–H and O–H groups in total. The van der Waals surface area contributed by atoms with E-state index < -0.39 is 0 Å². The van der Waals surface area contributed by atoms with Crippen molar-refractivity contribution in [3.8, 4) is 0 Å². The lowest BCUT2D eigenvalue weighted by atomic mass is 10.1. The van der Waals surface area contributed by atoms with Crippen LogP contribution >= 0.6 is 0 Å². The molecule has 0 bridgehead atoms. The molecule has 0 aromatic carbocycles. The largest absolute Gasteiger partial charge is 0.361 e. The van der Waals surface area contributed by atoms with Gasteiger partial charge in [0.1, 0.15) is 11.5 Å². The third-order valence-corrected chi connectivity index (χ3v) is 4.09. The van der Waals surface area contributed by atoms with Crippen molar-refractivity contribution < 1.29 is 14.1 Å². The highest BCUT2D eigenvalue weighted by Crippen LogP contribution is 2.22. The van der Waals surface area contributed by atoms with Gasteiger partial charge in [0.25, 0.3) is 0 Å². The van der Waals surface area contributed by atoms with Crippen molar-refractivity contribution in [3.63, 3.8) is 0 Å². The van der Waals surface area contributed by atoms with Gasteiger partial charge in [0.05, 0.1) is 24.7 Å². The van der Waals surface area contributed by atoms with Crippen LogP contribution in [0.4, 0.5) is 0 Å². The normalized spacial score (nSPS) is 17.3. The van der Waals surface area contributed by atoms with E-state index in [1.54, 1.807) is 29.1 Å². The molecule has 2 aromatic rings. The van der Waals surface area contributed by atoms with Gasteiger partial charge >= 0.3 is 0 Å². The van der Waals surface area contributed by atoms with Gasteiger partial charge in [-0.1, -0.05) is 11.2 Å². The molecule has 2 aromatic heterocycles. The summed E-state index contributed by atoms with van der Waals surface area (Å²) in [6.45, 7) is 3.05. The molecular weight excluding hydrogens is 308 g/mol. The van der Waals surface area contributed by atoms with Crippen LogP contribution < -0.4 is 0 Å². The first kappa shape index (κ1) is 16.2. The van der Waals surface area contributed by atoms with Gasteiger partial charge in [-0.25, -0.2) is 0 Å². The lowest BCUT2D eigenvalue weighted by Gasteiger charge is -2.20. The van der Waals surface area contributed by atoms with E-state index in [0.29, 0.717) is 31.1 Å². The summed E-state index contributed by atoms with van der Waals surface area (Å²) >= 11 is 0. The Morgan fingerprint density at radius 3 is 2.92 bits per heavy atom. The monoisotopic (exact) mass is 328 g/mol. The third-order valence-electron chi connectivity index (χ3n) is 4.09. The first-order chi connectivity index (χ1) is 11.5. The van der Waals surface area contributed by atoms with Gasteiger partial charge in [-0.05, 0) is 19.1 Å². The van der Waals surface area contributed by atoms with Gasteiger partial charge in [0.2, 0.25) is 11.8 Å². The van der Waals surface area contributed by atoms with Crippen LogP contribution in [0.15, 0.2) is 35.0 Å². The number of rotatable bonds is 5. The van der Waals surface area contributed by atoms with Gasteiger partial charge in [-0.3, -0.25) is 14.6 Å². The maximum atomic E-state index is 12.6. The van der Waals surface area contributed by atoms with Crippen molar-refractivity contribution in [3.05, 3.63) is 47.6 Å². The van der Waals surface area contributed by atoms with Crippen molar-refractivity contribution in [2.45, 2.75) is 26.4 Å². The number of amides is 2. The van der Waals surface area contributed by atoms with E-state index >= 15 is 0 Å². The first-order valence-corrected chi connectivity index (χ1v) is 7.88. The summed E-state index contributed by atoms with van der Waals surface area (Å²) in [7, 11) is 1.72. The van der Waals surface area contributed by atoms with Crippen LogP contribution in [0.5, 0.6) is 0 Å². The second-order valence-electron chi connectivity index (χ2n) is 6.12. The molecule has 126 valence electrons. The van der Waals surface area contributed by atoms with Crippen LogP contribution in [-0.2, 0) is 22.7 Å². The molecule has 3 heterocycles. The Labute approximate surface area is 140 Å². The zero-order valence-electron chi connectivity index (χ0n) is 13.8. The minimum atomic E-state index is -0.320. The van der Waals surface area contributed by atoms with Crippen LogP contribution in [0.25, 0.3) is 0 Å². The summed E-state index contributed by atoms with van der Waals surface area (Å²) < 4.78 is 5.01. The molecular formula is C17H20N4O3. The molecule has 0 saturated carbocycles. The maximum absolute atomic E-state index is 12.6. The molecule has 7 heteroatoms. The summed E-state index contributed by atoms with van der Waals surface area (Å²) in [5.41, 5.74) is 1.53. The molecule has 24 heavy (non-hydrogen) atoms. The minimum absolute atomic E-state index is 0.00955. The molecule has 0 unspecified atom stereocenters. The smallest absolute Gasteiger partial charge is 0.228 e. The highest BCUT2D eigenvalue weighted by atomic mass is 16.5.